The summed E-state index contributed by atoms with van der Waals surface area (Å²) in [5.41, 5.74) is 0.650. The second-order valence-electron chi connectivity index (χ2n) is 3.39. The van der Waals surface area contributed by atoms with Crippen LogP contribution in [0, 0.1) is 17.0 Å². The molecule has 16 heavy (non-hydrogen) atoms. The molecule has 0 unspecified atom stereocenters. The smallest absolute Gasteiger partial charge is 0.277 e. The van der Waals surface area contributed by atoms with E-state index in [2.05, 4.69) is 10.3 Å². The minimum absolute atomic E-state index is 0.0873. The molecular weight excluding hydrogens is 210 g/mol. The Labute approximate surface area is 93.8 Å². The highest BCUT2D eigenvalue weighted by Crippen LogP contribution is 2.19. The van der Waals surface area contributed by atoms with Crippen molar-refractivity contribution in [2.24, 2.45) is 0 Å². The second-order valence-corrected chi connectivity index (χ2v) is 3.39. The first kappa shape index (κ1) is 12.4. The zero-order chi connectivity index (χ0) is 12.0. The van der Waals surface area contributed by atoms with Crippen LogP contribution >= 0.6 is 0 Å². The lowest BCUT2D eigenvalue weighted by atomic mass is 10.2. The molecule has 1 heterocycles. The predicted octanol–water partition coefficient (Wildman–Crippen LogP) is 1.75. The summed E-state index contributed by atoms with van der Waals surface area (Å²) in [5, 5.41) is 13.7. The third kappa shape index (κ3) is 3.47. The van der Waals surface area contributed by atoms with Gasteiger partial charge in [0.05, 0.1) is 11.0 Å². The normalized spacial score (nSPS) is 10.1. The van der Waals surface area contributed by atoms with E-state index >= 15 is 0 Å². The summed E-state index contributed by atoms with van der Waals surface area (Å²) in [5.74, 6) is 0.522. The SMILES string of the molecule is COCCCNc1cc([N+](=O)[O-])c(C)cn1. The molecule has 0 aliphatic heterocycles. The molecular formula is C10H15N3O3. The molecule has 88 valence electrons. The number of ether oxygens (including phenoxy) is 1. The average Bonchev–Trinajstić information content (AvgIpc) is 2.26. The van der Waals surface area contributed by atoms with Crippen LogP contribution in [0.3, 0.4) is 0 Å². The van der Waals surface area contributed by atoms with Crippen molar-refractivity contribution in [1.82, 2.24) is 4.98 Å². The first-order valence-electron chi connectivity index (χ1n) is 4.99. The maximum atomic E-state index is 10.7. The number of methoxy groups -OCH3 is 1. The summed E-state index contributed by atoms with van der Waals surface area (Å²) < 4.78 is 4.89. The molecule has 1 aromatic heterocycles. The number of aromatic nitrogens is 1. The molecule has 0 aromatic carbocycles. The Morgan fingerprint density at radius 2 is 2.38 bits per heavy atom. The lowest BCUT2D eigenvalue weighted by Gasteiger charge is -2.05. The van der Waals surface area contributed by atoms with Crippen molar-refractivity contribution in [2.75, 3.05) is 25.6 Å². The van der Waals surface area contributed by atoms with Crippen LogP contribution in [0.2, 0.25) is 0 Å². The first-order chi connectivity index (χ1) is 7.65. The summed E-state index contributed by atoms with van der Waals surface area (Å²) in [6, 6.07) is 1.45. The number of hydrogen-bond donors (Lipinski definition) is 1. The van der Waals surface area contributed by atoms with Crippen LogP contribution in [0.15, 0.2) is 12.3 Å². The van der Waals surface area contributed by atoms with E-state index in [0.29, 0.717) is 24.5 Å². The van der Waals surface area contributed by atoms with Gasteiger partial charge < -0.3 is 10.1 Å². The number of nitro groups is 1. The van der Waals surface area contributed by atoms with E-state index in [1.54, 1.807) is 14.0 Å². The molecule has 0 fully saturated rings. The lowest BCUT2D eigenvalue weighted by molar-refractivity contribution is -0.385. The van der Waals surface area contributed by atoms with Crippen LogP contribution in [0.5, 0.6) is 0 Å². The third-order valence-electron chi connectivity index (χ3n) is 2.10. The van der Waals surface area contributed by atoms with E-state index in [-0.39, 0.29) is 5.69 Å². The lowest BCUT2D eigenvalue weighted by Crippen LogP contribution is -2.06. The van der Waals surface area contributed by atoms with Crippen LogP contribution in [0.1, 0.15) is 12.0 Å². The third-order valence-corrected chi connectivity index (χ3v) is 2.10. The molecule has 0 aliphatic rings. The fourth-order valence-corrected chi connectivity index (χ4v) is 1.24. The standard InChI is InChI=1S/C10H15N3O3/c1-8-7-12-10(6-9(8)13(14)15)11-4-3-5-16-2/h6-7H,3-5H2,1-2H3,(H,11,12). The van der Waals surface area contributed by atoms with Crippen molar-refractivity contribution >= 4 is 11.5 Å². The van der Waals surface area contributed by atoms with Gasteiger partial charge in [0, 0.05) is 32.0 Å². The van der Waals surface area contributed by atoms with Gasteiger partial charge >= 0.3 is 0 Å². The molecule has 0 aliphatic carbocycles. The average molecular weight is 225 g/mol. The Hall–Kier alpha value is -1.69. The topological polar surface area (TPSA) is 77.3 Å². The molecule has 1 aromatic rings. The van der Waals surface area contributed by atoms with Gasteiger partial charge in [0.1, 0.15) is 5.82 Å². The van der Waals surface area contributed by atoms with Crippen molar-refractivity contribution in [2.45, 2.75) is 13.3 Å². The van der Waals surface area contributed by atoms with Gasteiger partial charge in [-0.25, -0.2) is 4.98 Å². The summed E-state index contributed by atoms with van der Waals surface area (Å²) in [6.45, 7) is 3.00. The van der Waals surface area contributed by atoms with Crippen molar-refractivity contribution in [3.05, 3.63) is 27.9 Å². The molecule has 0 spiro atoms. The van der Waals surface area contributed by atoms with Gasteiger partial charge in [-0.2, -0.15) is 0 Å². The fraction of sp³-hybridized carbons (Fsp3) is 0.500. The van der Waals surface area contributed by atoms with Gasteiger partial charge in [-0.05, 0) is 13.3 Å². The van der Waals surface area contributed by atoms with E-state index in [9.17, 15) is 10.1 Å². The van der Waals surface area contributed by atoms with Crippen molar-refractivity contribution in [3.8, 4) is 0 Å². The molecule has 0 saturated heterocycles. The first-order valence-corrected chi connectivity index (χ1v) is 4.99. The zero-order valence-corrected chi connectivity index (χ0v) is 9.40. The van der Waals surface area contributed by atoms with Crippen LogP contribution in [-0.2, 0) is 4.74 Å². The van der Waals surface area contributed by atoms with Crippen LogP contribution in [-0.4, -0.2) is 30.2 Å². The van der Waals surface area contributed by atoms with Crippen LogP contribution in [0.4, 0.5) is 11.5 Å². The Morgan fingerprint density at radius 3 is 3.00 bits per heavy atom. The monoisotopic (exact) mass is 225 g/mol. The Kier molecular flexibility index (Phi) is 4.65. The number of pyridine rings is 1. The van der Waals surface area contributed by atoms with Gasteiger partial charge in [0.2, 0.25) is 0 Å². The van der Waals surface area contributed by atoms with E-state index in [4.69, 9.17) is 4.74 Å². The number of hydrogen-bond acceptors (Lipinski definition) is 5. The summed E-state index contributed by atoms with van der Waals surface area (Å²) >= 11 is 0. The summed E-state index contributed by atoms with van der Waals surface area (Å²) in [7, 11) is 1.63. The van der Waals surface area contributed by atoms with Crippen LogP contribution < -0.4 is 5.32 Å². The quantitative estimate of drug-likeness (QED) is 0.453. The Balaban J connectivity index is 2.61. The molecule has 6 heteroatoms. The highest BCUT2D eigenvalue weighted by atomic mass is 16.6. The highest BCUT2D eigenvalue weighted by Gasteiger charge is 2.11. The molecule has 1 N–H and O–H groups in total. The molecule has 6 nitrogen and oxygen atoms in total. The highest BCUT2D eigenvalue weighted by molar-refractivity contribution is 5.48. The zero-order valence-electron chi connectivity index (χ0n) is 9.40. The maximum Gasteiger partial charge on any atom is 0.277 e. The van der Waals surface area contributed by atoms with Gasteiger partial charge in [0.15, 0.2) is 0 Å². The van der Waals surface area contributed by atoms with E-state index in [1.165, 1.54) is 12.3 Å². The molecule has 0 bridgehead atoms. The number of anilines is 1. The molecule has 0 radical (unpaired) electrons. The molecule has 1 rings (SSSR count). The van der Waals surface area contributed by atoms with Crippen molar-refractivity contribution in [3.63, 3.8) is 0 Å². The Morgan fingerprint density at radius 1 is 1.62 bits per heavy atom. The summed E-state index contributed by atoms with van der Waals surface area (Å²) in [6.07, 6.45) is 2.33. The minimum Gasteiger partial charge on any atom is -0.385 e. The van der Waals surface area contributed by atoms with E-state index in [0.717, 1.165) is 6.42 Å². The molecule has 0 amide bonds. The van der Waals surface area contributed by atoms with E-state index < -0.39 is 4.92 Å². The molecule has 0 atom stereocenters. The van der Waals surface area contributed by atoms with Gasteiger partial charge in [-0.1, -0.05) is 0 Å². The van der Waals surface area contributed by atoms with E-state index in [1.807, 2.05) is 0 Å². The van der Waals surface area contributed by atoms with Crippen LogP contribution in [0.25, 0.3) is 0 Å². The Bertz CT molecular complexity index is 368. The fourth-order valence-electron chi connectivity index (χ4n) is 1.24. The predicted molar refractivity (Wildman–Crippen MR) is 60.6 cm³/mol. The van der Waals surface area contributed by atoms with Gasteiger partial charge in [-0.15, -0.1) is 0 Å². The largest absolute Gasteiger partial charge is 0.385 e. The number of rotatable bonds is 6. The maximum absolute atomic E-state index is 10.7. The number of nitrogens with zero attached hydrogens (tertiary/aromatic N) is 2. The number of aryl methyl sites for hydroxylation is 1. The van der Waals surface area contributed by atoms with Crippen molar-refractivity contribution in [1.29, 1.82) is 0 Å². The second kappa shape index (κ2) is 6.02. The number of nitrogens with one attached hydrogen (secondary N) is 1. The van der Waals surface area contributed by atoms with Gasteiger partial charge in [0.25, 0.3) is 5.69 Å². The minimum atomic E-state index is -0.405. The molecule has 0 saturated carbocycles. The summed E-state index contributed by atoms with van der Waals surface area (Å²) in [4.78, 5) is 14.3. The van der Waals surface area contributed by atoms with Gasteiger partial charge in [-0.3, -0.25) is 10.1 Å². The van der Waals surface area contributed by atoms with Crippen molar-refractivity contribution < 1.29 is 9.66 Å².